The summed E-state index contributed by atoms with van der Waals surface area (Å²) in [5.41, 5.74) is 7.40. The van der Waals surface area contributed by atoms with Crippen molar-refractivity contribution in [2.45, 2.75) is 13.8 Å². The zero-order valence-corrected chi connectivity index (χ0v) is 20.0. The number of anilines is 1. The summed E-state index contributed by atoms with van der Waals surface area (Å²) in [5, 5.41) is 7.08. The van der Waals surface area contributed by atoms with Crippen molar-refractivity contribution in [3.05, 3.63) is 93.2 Å². The van der Waals surface area contributed by atoms with Gasteiger partial charge in [-0.25, -0.2) is 5.43 Å². The SMILES string of the molecule is Cc1cc(/C=N/NC(=O)CN2C(=O)c3cccc4cccc2c34)c(C)n1-c1ccc(Cl)cc1Cl. The molecule has 0 unspecified atom stereocenters. The minimum atomic E-state index is -0.385. The van der Waals surface area contributed by atoms with Crippen molar-refractivity contribution in [3.8, 4) is 5.69 Å². The van der Waals surface area contributed by atoms with Crippen molar-refractivity contribution >= 4 is 57.7 Å². The second kappa shape index (κ2) is 8.63. The normalized spacial score (nSPS) is 12.8. The Hall–Kier alpha value is -3.61. The van der Waals surface area contributed by atoms with Crippen LogP contribution in [0.5, 0.6) is 0 Å². The number of amides is 2. The molecule has 5 rings (SSSR count). The first-order valence-electron chi connectivity index (χ1n) is 10.6. The first-order chi connectivity index (χ1) is 16.3. The molecule has 1 aromatic heterocycles. The predicted octanol–water partition coefficient (Wildman–Crippen LogP) is 5.66. The largest absolute Gasteiger partial charge is 0.316 e. The first kappa shape index (κ1) is 22.2. The first-order valence-corrected chi connectivity index (χ1v) is 11.4. The monoisotopic (exact) mass is 490 g/mol. The summed E-state index contributed by atoms with van der Waals surface area (Å²) >= 11 is 12.4. The molecular formula is C26H20Cl2N4O2. The van der Waals surface area contributed by atoms with Crippen LogP contribution in [0.25, 0.3) is 16.5 Å². The summed E-state index contributed by atoms with van der Waals surface area (Å²) in [6.45, 7) is 3.79. The highest BCUT2D eigenvalue weighted by molar-refractivity contribution is 6.35. The maximum Gasteiger partial charge on any atom is 0.260 e. The van der Waals surface area contributed by atoms with Crippen molar-refractivity contribution < 1.29 is 9.59 Å². The minimum absolute atomic E-state index is 0.122. The molecule has 6 nitrogen and oxygen atoms in total. The number of nitrogens with one attached hydrogen (secondary N) is 1. The Morgan fingerprint density at radius 3 is 2.56 bits per heavy atom. The summed E-state index contributed by atoms with van der Waals surface area (Å²) in [6, 6.07) is 18.6. The van der Waals surface area contributed by atoms with E-state index in [1.54, 1.807) is 24.4 Å². The van der Waals surface area contributed by atoms with E-state index in [4.69, 9.17) is 23.2 Å². The number of aromatic nitrogens is 1. The summed E-state index contributed by atoms with van der Waals surface area (Å²) in [4.78, 5) is 27.0. The van der Waals surface area contributed by atoms with Gasteiger partial charge in [-0.05, 0) is 55.6 Å². The zero-order chi connectivity index (χ0) is 24.0. The molecule has 0 bridgehead atoms. The molecule has 0 spiro atoms. The van der Waals surface area contributed by atoms with E-state index in [1.807, 2.05) is 60.9 Å². The van der Waals surface area contributed by atoms with Gasteiger partial charge in [0.25, 0.3) is 11.8 Å². The van der Waals surface area contributed by atoms with E-state index in [9.17, 15) is 9.59 Å². The van der Waals surface area contributed by atoms with Crippen molar-refractivity contribution in [1.82, 2.24) is 9.99 Å². The lowest BCUT2D eigenvalue weighted by molar-refractivity contribution is -0.119. The second-order valence-corrected chi connectivity index (χ2v) is 8.97. The third-order valence-corrected chi connectivity index (χ3v) is 6.50. The fourth-order valence-corrected chi connectivity index (χ4v) is 4.93. The van der Waals surface area contributed by atoms with Gasteiger partial charge in [-0.2, -0.15) is 5.10 Å². The molecule has 4 aromatic rings. The highest BCUT2D eigenvalue weighted by Gasteiger charge is 2.30. The molecule has 0 fully saturated rings. The fourth-order valence-electron chi connectivity index (χ4n) is 4.44. The van der Waals surface area contributed by atoms with Gasteiger partial charge in [0.05, 0.1) is 22.6 Å². The Kier molecular flexibility index (Phi) is 5.63. The van der Waals surface area contributed by atoms with E-state index in [0.29, 0.717) is 15.6 Å². The fraction of sp³-hybridized carbons (Fsp3) is 0.115. The van der Waals surface area contributed by atoms with E-state index < -0.39 is 0 Å². The van der Waals surface area contributed by atoms with Gasteiger partial charge in [-0.1, -0.05) is 47.5 Å². The van der Waals surface area contributed by atoms with Crippen LogP contribution >= 0.6 is 23.2 Å². The van der Waals surface area contributed by atoms with Gasteiger partial charge in [-0.15, -0.1) is 0 Å². The molecule has 34 heavy (non-hydrogen) atoms. The Morgan fingerprint density at radius 2 is 1.79 bits per heavy atom. The number of hydrazone groups is 1. The lowest BCUT2D eigenvalue weighted by Crippen LogP contribution is -2.37. The van der Waals surface area contributed by atoms with Crippen LogP contribution in [0, 0.1) is 13.8 Å². The number of carbonyl (C=O) groups is 2. The van der Waals surface area contributed by atoms with Gasteiger partial charge in [0, 0.05) is 32.9 Å². The van der Waals surface area contributed by atoms with Crippen molar-refractivity contribution in [1.29, 1.82) is 0 Å². The molecule has 0 aliphatic carbocycles. The maximum atomic E-state index is 12.9. The van der Waals surface area contributed by atoms with Gasteiger partial charge in [0.1, 0.15) is 6.54 Å². The molecule has 3 aromatic carbocycles. The number of aryl methyl sites for hydroxylation is 1. The molecule has 0 saturated heterocycles. The van der Waals surface area contributed by atoms with Crippen LogP contribution in [0.4, 0.5) is 5.69 Å². The van der Waals surface area contributed by atoms with Crippen LogP contribution in [-0.4, -0.2) is 29.1 Å². The lowest BCUT2D eigenvalue weighted by Gasteiger charge is -2.16. The summed E-state index contributed by atoms with van der Waals surface area (Å²) < 4.78 is 2.00. The average Bonchev–Trinajstić information content (AvgIpc) is 3.24. The van der Waals surface area contributed by atoms with Crippen LogP contribution < -0.4 is 10.3 Å². The number of halogens is 2. The number of hydrogen-bond donors (Lipinski definition) is 1. The minimum Gasteiger partial charge on any atom is -0.316 e. The van der Waals surface area contributed by atoms with Crippen LogP contribution in [0.3, 0.4) is 0 Å². The second-order valence-electron chi connectivity index (χ2n) is 8.12. The lowest BCUT2D eigenvalue weighted by atomic mass is 10.1. The van der Waals surface area contributed by atoms with Gasteiger partial charge in [0.15, 0.2) is 0 Å². The summed E-state index contributed by atoms with van der Waals surface area (Å²) in [6.07, 6.45) is 1.59. The molecule has 2 amide bonds. The molecular weight excluding hydrogens is 471 g/mol. The Bertz CT molecular complexity index is 1500. The van der Waals surface area contributed by atoms with E-state index >= 15 is 0 Å². The maximum absolute atomic E-state index is 12.9. The standard InChI is InChI=1S/C26H20Cl2N4O2/c1-15-11-18(16(2)32(15)22-10-9-19(27)12-21(22)28)13-29-30-24(33)14-31-23-8-4-6-17-5-3-7-20(25(17)23)26(31)34/h3-13H,14H2,1-2H3,(H,30,33)/b29-13+. The van der Waals surface area contributed by atoms with E-state index in [0.717, 1.165) is 39.1 Å². The molecule has 2 heterocycles. The predicted molar refractivity (Wildman–Crippen MR) is 137 cm³/mol. The quantitative estimate of drug-likeness (QED) is 0.289. The van der Waals surface area contributed by atoms with Crippen molar-refractivity contribution in [2.75, 3.05) is 11.4 Å². The third-order valence-electron chi connectivity index (χ3n) is 5.96. The Morgan fingerprint density at radius 1 is 1.03 bits per heavy atom. The van der Waals surface area contributed by atoms with E-state index in [2.05, 4.69) is 10.5 Å². The molecule has 0 atom stereocenters. The van der Waals surface area contributed by atoms with Gasteiger partial charge in [0.2, 0.25) is 0 Å². The van der Waals surface area contributed by atoms with Crippen molar-refractivity contribution in [3.63, 3.8) is 0 Å². The van der Waals surface area contributed by atoms with Gasteiger partial charge in [-0.3, -0.25) is 14.5 Å². The third kappa shape index (κ3) is 3.75. The topological polar surface area (TPSA) is 66.7 Å². The van der Waals surface area contributed by atoms with Crippen LogP contribution in [0.15, 0.2) is 65.8 Å². The van der Waals surface area contributed by atoms with E-state index in [-0.39, 0.29) is 18.4 Å². The van der Waals surface area contributed by atoms with Crippen molar-refractivity contribution in [2.24, 2.45) is 5.10 Å². The van der Waals surface area contributed by atoms with Gasteiger partial charge >= 0.3 is 0 Å². The van der Waals surface area contributed by atoms with E-state index in [1.165, 1.54) is 4.90 Å². The Labute approximate surface area is 206 Å². The molecule has 8 heteroatoms. The molecule has 0 saturated carbocycles. The average molecular weight is 491 g/mol. The zero-order valence-electron chi connectivity index (χ0n) is 18.5. The van der Waals surface area contributed by atoms with Crippen LogP contribution in [0.1, 0.15) is 27.3 Å². The Balaban J connectivity index is 1.32. The number of rotatable bonds is 5. The highest BCUT2D eigenvalue weighted by atomic mass is 35.5. The summed E-state index contributed by atoms with van der Waals surface area (Å²) in [5.74, 6) is -0.571. The van der Waals surface area contributed by atoms with Crippen LogP contribution in [-0.2, 0) is 4.79 Å². The number of carbonyl (C=O) groups excluding carboxylic acids is 2. The number of benzene rings is 3. The van der Waals surface area contributed by atoms with Gasteiger partial charge < -0.3 is 4.57 Å². The highest BCUT2D eigenvalue weighted by Crippen LogP contribution is 2.36. The molecule has 0 radical (unpaired) electrons. The molecule has 1 N–H and O–H groups in total. The smallest absolute Gasteiger partial charge is 0.260 e. The number of nitrogens with zero attached hydrogens (tertiary/aromatic N) is 3. The molecule has 170 valence electrons. The molecule has 1 aliphatic heterocycles. The summed E-state index contributed by atoms with van der Waals surface area (Å²) in [7, 11) is 0. The molecule has 1 aliphatic rings. The number of hydrogen-bond acceptors (Lipinski definition) is 3. The van der Waals surface area contributed by atoms with Crippen LogP contribution in [0.2, 0.25) is 10.0 Å².